The molecule has 0 radical (unpaired) electrons. The molecule has 3 nitrogen and oxygen atoms in total. The van der Waals surface area contributed by atoms with Gasteiger partial charge in [-0.05, 0) is 13.8 Å². The number of carbonyl (C=O) groups excluding carboxylic acids is 1. The van der Waals surface area contributed by atoms with Crippen LogP contribution >= 0.6 is 11.8 Å². The molecule has 3 N–H and O–H groups in total. The highest BCUT2D eigenvalue weighted by molar-refractivity contribution is 7.99. The van der Waals surface area contributed by atoms with Gasteiger partial charge in [0.25, 0.3) is 0 Å². The van der Waals surface area contributed by atoms with Crippen LogP contribution < -0.4 is 11.1 Å². The first-order valence-electron chi connectivity index (χ1n) is 3.76. The quantitative estimate of drug-likeness (QED) is 0.629. The lowest BCUT2D eigenvalue weighted by Gasteiger charge is -2.04. The summed E-state index contributed by atoms with van der Waals surface area (Å²) >= 11 is 1.57. The molecule has 1 amide bonds. The third-order valence-corrected chi connectivity index (χ3v) is 2.22. The average Bonchev–Trinajstić information content (AvgIpc) is 1.87. The standard InChI is InChI=1S/C7H16N2OS/c1-3-9-7(10)5-11-4-6(2)8/h6H,3-5,8H2,1-2H3,(H,9,10). The van der Waals surface area contributed by atoms with Crippen molar-refractivity contribution in [2.45, 2.75) is 19.9 Å². The van der Waals surface area contributed by atoms with Crippen molar-refractivity contribution in [1.82, 2.24) is 5.32 Å². The fourth-order valence-corrected chi connectivity index (χ4v) is 1.36. The summed E-state index contributed by atoms with van der Waals surface area (Å²) < 4.78 is 0. The largest absolute Gasteiger partial charge is 0.356 e. The number of amides is 1. The number of thioether (sulfide) groups is 1. The minimum absolute atomic E-state index is 0.0955. The van der Waals surface area contributed by atoms with Crippen molar-refractivity contribution >= 4 is 17.7 Å². The molecule has 0 saturated carbocycles. The molecule has 0 fully saturated rings. The lowest BCUT2D eigenvalue weighted by atomic mass is 10.4. The number of carbonyl (C=O) groups is 1. The maximum atomic E-state index is 10.9. The van der Waals surface area contributed by atoms with Gasteiger partial charge in [0, 0.05) is 18.3 Å². The predicted octanol–water partition coefficient (Wildman–Crippen LogP) is 0.203. The Labute approximate surface area is 72.1 Å². The minimum Gasteiger partial charge on any atom is -0.356 e. The summed E-state index contributed by atoms with van der Waals surface area (Å²) in [4.78, 5) is 10.9. The van der Waals surface area contributed by atoms with E-state index in [4.69, 9.17) is 5.73 Å². The molecule has 0 spiro atoms. The molecule has 0 aromatic rings. The second kappa shape index (κ2) is 6.49. The van der Waals surface area contributed by atoms with Crippen LogP contribution in [0, 0.1) is 0 Å². The number of hydrogen-bond acceptors (Lipinski definition) is 3. The molecule has 1 atom stereocenters. The normalized spacial score (nSPS) is 12.6. The van der Waals surface area contributed by atoms with E-state index in [0.29, 0.717) is 12.3 Å². The van der Waals surface area contributed by atoms with Crippen LogP contribution in [0.1, 0.15) is 13.8 Å². The Morgan fingerprint density at radius 1 is 1.73 bits per heavy atom. The summed E-state index contributed by atoms with van der Waals surface area (Å²) in [6, 6.07) is 0.175. The van der Waals surface area contributed by atoms with E-state index in [9.17, 15) is 4.79 Å². The molecule has 0 aliphatic carbocycles. The van der Waals surface area contributed by atoms with E-state index in [2.05, 4.69) is 5.32 Å². The van der Waals surface area contributed by atoms with E-state index in [-0.39, 0.29) is 11.9 Å². The highest BCUT2D eigenvalue weighted by atomic mass is 32.2. The van der Waals surface area contributed by atoms with Crippen molar-refractivity contribution in [2.75, 3.05) is 18.1 Å². The third-order valence-electron chi connectivity index (χ3n) is 0.988. The molecule has 11 heavy (non-hydrogen) atoms. The minimum atomic E-state index is 0.0955. The molecular weight excluding hydrogens is 160 g/mol. The van der Waals surface area contributed by atoms with Gasteiger partial charge in [0.15, 0.2) is 0 Å². The van der Waals surface area contributed by atoms with Gasteiger partial charge < -0.3 is 11.1 Å². The van der Waals surface area contributed by atoms with Crippen LogP contribution in [0.5, 0.6) is 0 Å². The van der Waals surface area contributed by atoms with Gasteiger partial charge in [-0.2, -0.15) is 11.8 Å². The molecule has 0 bridgehead atoms. The second-order valence-electron chi connectivity index (χ2n) is 2.45. The Balaban J connectivity index is 3.17. The van der Waals surface area contributed by atoms with E-state index < -0.39 is 0 Å². The van der Waals surface area contributed by atoms with Gasteiger partial charge >= 0.3 is 0 Å². The highest BCUT2D eigenvalue weighted by Crippen LogP contribution is 1.99. The van der Waals surface area contributed by atoms with E-state index in [1.807, 2.05) is 13.8 Å². The van der Waals surface area contributed by atoms with Crippen molar-refractivity contribution in [2.24, 2.45) is 5.73 Å². The lowest BCUT2D eigenvalue weighted by Crippen LogP contribution is -2.26. The highest BCUT2D eigenvalue weighted by Gasteiger charge is 2.00. The summed E-state index contributed by atoms with van der Waals surface area (Å²) in [5.74, 6) is 1.46. The first-order chi connectivity index (χ1) is 5.16. The van der Waals surface area contributed by atoms with Crippen LogP contribution in [0.3, 0.4) is 0 Å². The zero-order chi connectivity index (χ0) is 8.69. The van der Waals surface area contributed by atoms with Gasteiger partial charge in [-0.1, -0.05) is 0 Å². The first-order valence-corrected chi connectivity index (χ1v) is 4.92. The van der Waals surface area contributed by atoms with Crippen molar-refractivity contribution in [3.63, 3.8) is 0 Å². The average molecular weight is 176 g/mol. The zero-order valence-corrected chi connectivity index (χ0v) is 7.91. The van der Waals surface area contributed by atoms with Crippen molar-refractivity contribution < 1.29 is 4.79 Å². The van der Waals surface area contributed by atoms with E-state index >= 15 is 0 Å². The van der Waals surface area contributed by atoms with Crippen LogP contribution in [0.4, 0.5) is 0 Å². The number of nitrogens with one attached hydrogen (secondary N) is 1. The van der Waals surface area contributed by atoms with Gasteiger partial charge in [0.2, 0.25) is 5.91 Å². The Bertz CT molecular complexity index is 117. The lowest BCUT2D eigenvalue weighted by molar-refractivity contribution is -0.118. The molecule has 66 valence electrons. The predicted molar refractivity (Wildman–Crippen MR) is 49.7 cm³/mol. The zero-order valence-electron chi connectivity index (χ0n) is 7.09. The monoisotopic (exact) mass is 176 g/mol. The fourth-order valence-electron chi connectivity index (χ4n) is 0.586. The van der Waals surface area contributed by atoms with Gasteiger partial charge in [-0.3, -0.25) is 4.79 Å². The number of nitrogens with two attached hydrogens (primary N) is 1. The summed E-state index contributed by atoms with van der Waals surface area (Å²) in [6.07, 6.45) is 0. The molecule has 1 unspecified atom stereocenters. The topological polar surface area (TPSA) is 55.1 Å². The van der Waals surface area contributed by atoms with Crippen LogP contribution in [-0.4, -0.2) is 30.0 Å². The molecule has 0 rings (SSSR count). The maximum absolute atomic E-state index is 10.9. The van der Waals surface area contributed by atoms with E-state index in [0.717, 1.165) is 5.75 Å². The molecule has 0 heterocycles. The SMILES string of the molecule is CCNC(=O)CSCC(C)N. The molecular formula is C7H16N2OS. The second-order valence-corrected chi connectivity index (χ2v) is 3.48. The van der Waals surface area contributed by atoms with Gasteiger partial charge in [-0.15, -0.1) is 0 Å². The smallest absolute Gasteiger partial charge is 0.229 e. The van der Waals surface area contributed by atoms with Gasteiger partial charge in [0.1, 0.15) is 0 Å². The van der Waals surface area contributed by atoms with Crippen LogP contribution in [0.2, 0.25) is 0 Å². The van der Waals surface area contributed by atoms with Crippen LogP contribution in [-0.2, 0) is 4.79 Å². The summed E-state index contributed by atoms with van der Waals surface area (Å²) in [7, 11) is 0. The Morgan fingerprint density at radius 2 is 2.36 bits per heavy atom. The molecule has 0 saturated heterocycles. The van der Waals surface area contributed by atoms with E-state index in [1.165, 1.54) is 0 Å². The summed E-state index contributed by atoms with van der Waals surface area (Å²) in [5.41, 5.74) is 5.50. The number of rotatable bonds is 5. The third kappa shape index (κ3) is 7.68. The fraction of sp³-hybridized carbons (Fsp3) is 0.857. The first kappa shape index (κ1) is 10.8. The molecule has 0 aliphatic rings. The summed E-state index contributed by atoms with van der Waals surface area (Å²) in [6.45, 7) is 4.55. The maximum Gasteiger partial charge on any atom is 0.229 e. The molecule has 4 heteroatoms. The van der Waals surface area contributed by atoms with Crippen molar-refractivity contribution in [1.29, 1.82) is 0 Å². The molecule has 0 aromatic carbocycles. The van der Waals surface area contributed by atoms with Crippen molar-refractivity contribution in [3.05, 3.63) is 0 Å². The van der Waals surface area contributed by atoms with Crippen LogP contribution in [0.25, 0.3) is 0 Å². The van der Waals surface area contributed by atoms with Crippen LogP contribution in [0.15, 0.2) is 0 Å². The Morgan fingerprint density at radius 3 is 2.82 bits per heavy atom. The van der Waals surface area contributed by atoms with E-state index in [1.54, 1.807) is 11.8 Å². The molecule has 0 aliphatic heterocycles. The van der Waals surface area contributed by atoms with Crippen molar-refractivity contribution in [3.8, 4) is 0 Å². The van der Waals surface area contributed by atoms with Gasteiger partial charge in [0.05, 0.1) is 5.75 Å². The Kier molecular flexibility index (Phi) is 6.36. The Hall–Kier alpha value is -0.220. The summed E-state index contributed by atoms with van der Waals surface area (Å²) in [5, 5.41) is 2.72. The molecule has 0 aromatic heterocycles. The van der Waals surface area contributed by atoms with Gasteiger partial charge in [-0.25, -0.2) is 0 Å². The number of hydrogen-bond donors (Lipinski definition) is 2.